The number of hydrogen-bond acceptors (Lipinski definition) is 7. The Bertz CT molecular complexity index is 1490. The number of likely N-dealkylation sites (tertiary alicyclic amines) is 1. The average molecular weight is 587 g/mol. The molecule has 2 aliphatic heterocycles. The molecule has 4 bridgehead atoms. The second kappa shape index (κ2) is 13.2. The normalized spacial score (nSPS) is 19.4. The highest BCUT2D eigenvalue weighted by Crippen LogP contribution is 2.30. The third-order valence-electron chi connectivity index (χ3n) is 7.52. The van der Waals surface area contributed by atoms with Crippen LogP contribution >= 0.6 is 0 Å². The van der Waals surface area contributed by atoms with Gasteiger partial charge in [-0.05, 0) is 76.1 Å². The van der Waals surface area contributed by atoms with Crippen LogP contribution < -0.4 is 14.8 Å². The second-order valence-corrected chi connectivity index (χ2v) is 11.1. The third kappa shape index (κ3) is 7.32. The van der Waals surface area contributed by atoms with Crippen LogP contribution in [0.5, 0.6) is 17.2 Å². The van der Waals surface area contributed by atoms with E-state index in [1.165, 1.54) is 4.90 Å². The predicted octanol–water partition coefficient (Wildman–Crippen LogP) is 4.36. The lowest BCUT2D eigenvalue weighted by Gasteiger charge is -2.39. The van der Waals surface area contributed by atoms with Gasteiger partial charge in [0.25, 0.3) is 11.8 Å². The molecule has 10 heteroatoms. The lowest BCUT2D eigenvalue weighted by Crippen LogP contribution is -2.58. The number of rotatable bonds is 4. The maximum Gasteiger partial charge on any atom is 0.255 e. The first-order valence-electron chi connectivity index (χ1n) is 14.7. The zero-order valence-electron chi connectivity index (χ0n) is 25.0. The van der Waals surface area contributed by atoms with Crippen molar-refractivity contribution in [1.82, 2.24) is 20.1 Å². The quantitative estimate of drug-likeness (QED) is 0.484. The molecular formula is C33H38N4O6. The number of carbonyl (C=O) groups excluding carboxylic acids is 3. The summed E-state index contributed by atoms with van der Waals surface area (Å²) in [6.07, 6.45) is 1.74. The average Bonchev–Trinajstić information content (AvgIpc) is 2.98. The molecule has 2 atom stereocenters. The van der Waals surface area contributed by atoms with Crippen molar-refractivity contribution in [2.45, 2.75) is 59.0 Å². The van der Waals surface area contributed by atoms with E-state index in [4.69, 9.17) is 14.2 Å². The van der Waals surface area contributed by atoms with Gasteiger partial charge in [-0.2, -0.15) is 0 Å². The maximum atomic E-state index is 13.7. The minimum Gasteiger partial charge on any atom is -0.491 e. The van der Waals surface area contributed by atoms with Gasteiger partial charge in [-0.15, -0.1) is 0 Å². The zero-order valence-corrected chi connectivity index (χ0v) is 25.0. The summed E-state index contributed by atoms with van der Waals surface area (Å²) in [7, 11) is 0. The number of nitrogens with zero attached hydrogens (tertiary/aromatic N) is 3. The molecule has 226 valence electrons. The highest BCUT2D eigenvalue weighted by Gasteiger charge is 2.34. The fourth-order valence-corrected chi connectivity index (χ4v) is 5.40. The van der Waals surface area contributed by atoms with Crippen molar-refractivity contribution in [3.05, 3.63) is 83.2 Å². The second-order valence-electron chi connectivity index (χ2n) is 11.1. The first-order chi connectivity index (χ1) is 20.7. The Morgan fingerprint density at radius 1 is 1.12 bits per heavy atom. The first kappa shape index (κ1) is 30.0. The molecule has 5 rings (SSSR count). The Balaban J connectivity index is 1.45. The number of fused-ring (bicyclic) bond motifs is 5. The molecular weight excluding hydrogens is 548 g/mol. The molecule has 1 N–H and O–H groups in total. The van der Waals surface area contributed by atoms with Crippen LogP contribution in [0.1, 0.15) is 59.2 Å². The fraction of sp³-hybridized carbons (Fsp3) is 0.394. The van der Waals surface area contributed by atoms with Crippen molar-refractivity contribution in [3.63, 3.8) is 0 Å². The van der Waals surface area contributed by atoms with Gasteiger partial charge < -0.3 is 29.3 Å². The van der Waals surface area contributed by atoms with E-state index < -0.39 is 6.04 Å². The van der Waals surface area contributed by atoms with E-state index in [0.717, 1.165) is 5.56 Å². The van der Waals surface area contributed by atoms with Gasteiger partial charge in [0.1, 0.15) is 17.2 Å². The lowest BCUT2D eigenvalue weighted by atomic mass is 10.00. The van der Waals surface area contributed by atoms with Crippen molar-refractivity contribution < 1.29 is 28.6 Å². The van der Waals surface area contributed by atoms with Gasteiger partial charge >= 0.3 is 0 Å². The monoisotopic (exact) mass is 586 g/mol. The molecule has 1 saturated heterocycles. The summed E-state index contributed by atoms with van der Waals surface area (Å²) < 4.78 is 18.4. The van der Waals surface area contributed by atoms with E-state index in [0.29, 0.717) is 60.2 Å². The van der Waals surface area contributed by atoms with E-state index in [1.807, 2.05) is 45.0 Å². The minimum atomic E-state index is -0.474. The van der Waals surface area contributed by atoms with E-state index in [-0.39, 0.29) is 43.0 Å². The molecule has 3 heterocycles. The molecule has 1 aromatic heterocycles. The molecule has 0 spiro atoms. The molecule has 0 radical (unpaired) electrons. The number of hydrogen-bond donors (Lipinski definition) is 1. The highest BCUT2D eigenvalue weighted by molar-refractivity contribution is 5.97. The summed E-state index contributed by atoms with van der Waals surface area (Å²) in [5.74, 6) is 0.750. The van der Waals surface area contributed by atoms with Crippen LogP contribution in [0.2, 0.25) is 0 Å². The number of aryl methyl sites for hydroxylation is 1. The molecule has 0 saturated carbocycles. The molecule has 2 aliphatic rings. The van der Waals surface area contributed by atoms with Crippen LogP contribution in [0, 0.1) is 6.92 Å². The van der Waals surface area contributed by atoms with Gasteiger partial charge in [-0.1, -0.05) is 12.1 Å². The van der Waals surface area contributed by atoms with Crippen molar-refractivity contribution in [2.75, 3.05) is 26.2 Å². The number of likely N-dealkylation sites (N-methyl/N-ethyl adjacent to an activating group) is 1. The zero-order chi connectivity index (χ0) is 30.5. The smallest absolute Gasteiger partial charge is 0.255 e. The number of amides is 3. The highest BCUT2D eigenvalue weighted by atomic mass is 16.5. The Labute approximate surface area is 251 Å². The largest absolute Gasteiger partial charge is 0.491 e. The lowest BCUT2D eigenvalue weighted by molar-refractivity contribution is -0.124. The minimum absolute atomic E-state index is 0.110. The van der Waals surface area contributed by atoms with E-state index >= 15 is 0 Å². The number of nitrogens with one attached hydrogen (secondary N) is 1. The standard InChI is InChI=1S/C33H38N4O6/c1-5-36-19-31(38)35-29-18-37(33(40)28-10-7-12-34-22(28)4)13-11-30(29)41-20-23-8-6-9-25(14-23)43-27-16-24(32(36)39)15-26(17-27)42-21(2)3/h6-10,12,14-17,21,29-30H,5,11,13,18-20H2,1-4H3,(H,35,38)/t29-,30-/m0/s1. The van der Waals surface area contributed by atoms with E-state index in [1.54, 1.807) is 48.4 Å². The Kier molecular flexibility index (Phi) is 9.25. The summed E-state index contributed by atoms with van der Waals surface area (Å²) >= 11 is 0. The number of pyridine rings is 1. The van der Waals surface area contributed by atoms with Crippen molar-refractivity contribution in [2.24, 2.45) is 0 Å². The first-order valence-corrected chi connectivity index (χ1v) is 14.7. The van der Waals surface area contributed by atoms with Crippen LogP contribution in [-0.4, -0.2) is 76.9 Å². The number of piperidine rings is 1. The summed E-state index contributed by atoms with van der Waals surface area (Å²) in [5, 5.41) is 3.07. The number of ether oxygens (including phenoxy) is 3. The van der Waals surface area contributed by atoms with Gasteiger partial charge in [-0.25, -0.2) is 0 Å². The van der Waals surface area contributed by atoms with Crippen LogP contribution in [0.4, 0.5) is 0 Å². The molecule has 0 unspecified atom stereocenters. The topological polar surface area (TPSA) is 110 Å². The van der Waals surface area contributed by atoms with E-state index in [2.05, 4.69) is 10.3 Å². The molecule has 0 aliphatic carbocycles. The third-order valence-corrected chi connectivity index (χ3v) is 7.52. The predicted molar refractivity (Wildman–Crippen MR) is 160 cm³/mol. The molecule has 3 amide bonds. The van der Waals surface area contributed by atoms with Crippen molar-refractivity contribution in [3.8, 4) is 17.2 Å². The Hall–Kier alpha value is -4.44. The molecule has 10 nitrogen and oxygen atoms in total. The SMILES string of the molecule is CCN1CC(=O)N[C@H]2CN(C(=O)c3cccnc3C)CC[C@@H]2OCc2cccc(c2)Oc2cc(OC(C)C)cc(c2)C1=O. The summed E-state index contributed by atoms with van der Waals surface area (Å²) in [4.78, 5) is 47.9. The van der Waals surface area contributed by atoms with Crippen molar-refractivity contribution >= 4 is 17.7 Å². The molecule has 2 aromatic carbocycles. The van der Waals surface area contributed by atoms with Crippen LogP contribution in [0.15, 0.2) is 60.8 Å². The number of aromatic nitrogens is 1. The van der Waals surface area contributed by atoms with E-state index in [9.17, 15) is 14.4 Å². The van der Waals surface area contributed by atoms with Gasteiger partial charge in [0.2, 0.25) is 5.91 Å². The molecule has 43 heavy (non-hydrogen) atoms. The Morgan fingerprint density at radius 2 is 1.95 bits per heavy atom. The van der Waals surface area contributed by atoms with Gasteiger partial charge in [0.05, 0.1) is 37.0 Å². The Morgan fingerprint density at radius 3 is 2.72 bits per heavy atom. The van der Waals surface area contributed by atoms with Crippen LogP contribution in [0.25, 0.3) is 0 Å². The van der Waals surface area contributed by atoms with Crippen LogP contribution in [0.3, 0.4) is 0 Å². The van der Waals surface area contributed by atoms with Gasteiger partial charge in [-0.3, -0.25) is 19.4 Å². The molecule has 1 fully saturated rings. The summed E-state index contributed by atoms with van der Waals surface area (Å²) in [5.41, 5.74) is 2.43. The van der Waals surface area contributed by atoms with Crippen LogP contribution in [-0.2, 0) is 16.1 Å². The molecule has 3 aromatic rings. The summed E-state index contributed by atoms with van der Waals surface area (Å²) in [6, 6.07) is 15.7. The van der Waals surface area contributed by atoms with Crippen molar-refractivity contribution in [1.29, 1.82) is 0 Å². The van der Waals surface area contributed by atoms with Gasteiger partial charge in [0, 0.05) is 43.2 Å². The number of carbonyl (C=O) groups is 3. The fourth-order valence-electron chi connectivity index (χ4n) is 5.40. The summed E-state index contributed by atoms with van der Waals surface area (Å²) in [6.45, 7) is 8.64. The maximum absolute atomic E-state index is 13.7. The van der Waals surface area contributed by atoms with Gasteiger partial charge in [0.15, 0.2) is 0 Å². The number of benzene rings is 2.